The summed E-state index contributed by atoms with van der Waals surface area (Å²) in [6.07, 6.45) is 1.43. The molecule has 0 unspecified atom stereocenters. The van der Waals surface area contributed by atoms with Gasteiger partial charge in [-0.15, -0.1) is 0 Å². The van der Waals surface area contributed by atoms with Crippen LogP contribution in [-0.2, 0) is 14.3 Å². The van der Waals surface area contributed by atoms with Gasteiger partial charge in [0.25, 0.3) is 0 Å². The van der Waals surface area contributed by atoms with E-state index in [0.29, 0.717) is 6.08 Å². The molecule has 0 aliphatic rings. The smallest absolute Gasteiger partial charge is 0.545 e. The molecule has 0 bridgehead atoms. The van der Waals surface area contributed by atoms with Gasteiger partial charge in [0.05, 0.1) is 12.6 Å². The molecule has 0 aliphatic heterocycles. The van der Waals surface area contributed by atoms with E-state index in [4.69, 9.17) is 0 Å². The van der Waals surface area contributed by atoms with E-state index in [1.807, 2.05) is 0 Å². The van der Waals surface area contributed by atoms with Gasteiger partial charge in [0, 0.05) is 6.08 Å². The van der Waals surface area contributed by atoms with E-state index in [2.05, 4.69) is 4.74 Å². The van der Waals surface area contributed by atoms with Crippen LogP contribution in [0.3, 0.4) is 0 Å². The second kappa shape index (κ2) is 7.78. The van der Waals surface area contributed by atoms with Crippen LogP contribution in [-0.4, -0.2) is 18.5 Å². The van der Waals surface area contributed by atoms with Crippen molar-refractivity contribution < 1.29 is 49.0 Å². The van der Waals surface area contributed by atoms with E-state index in [0.717, 1.165) is 6.08 Å². The first-order valence-corrected chi connectivity index (χ1v) is 2.72. The molecule has 0 saturated heterocycles. The Morgan fingerprint density at radius 1 is 1.45 bits per heavy atom. The number of carbonyl (C=O) groups is 2. The van der Waals surface area contributed by atoms with Gasteiger partial charge >= 0.3 is 35.5 Å². The third-order valence-corrected chi connectivity index (χ3v) is 0.642. The predicted octanol–water partition coefficient (Wildman–Crippen LogP) is -4.14. The molecule has 0 spiro atoms. The average Bonchev–Trinajstić information content (AvgIpc) is 1.85. The maximum absolute atomic E-state index is 10.3. The number of carbonyl (C=O) groups excluding carboxylic acids is 2. The Morgan fingerprint density at radius 2 is 2.00 bits per heavy atom. The monoisotopic (exact) mass is 166 g/mol. The van der Waals surface area contributed by atoms with Crippen molar-refractivity contribution >= 4 is 11.9 Å². The fraction of sp³-hybridized carbons (Fsp3) is 0.333. The Balaban J connectivity index is 0. The number of esters is 1. The van der Waals surface area contributed by atoms with E-state index in [-0.39, 0.29) is 36.2 Å². The maximum Gasteiger partial charge on any atom is 1.00 e. The number of carboxylic acid groups (broad SMARTS) is 1. The molecule has 0 aromatic heterocycles. The summed E-state index contributed by atoms with van der Waals surface area (Å²) in [6, 6.07) is 0. The topological polar surface area (TPSA) is 66.4 Å². The summed E-state index contributed by atoms with van der Waals surface area (Å²) >= 11 is 0. The van der Waals surface area contributed by atoms with Crippen LogP contribution < -0.4 is 34.7 Å². The van der Waals surface area contributed by atoms with Crippen molar-refractivity contribution in [2.75, 3.05) is 6.61 Å². The molecule has 4 nitrogen and oxygen atoms in total. The SMILES string of the molecule is CCOC(=O)C=CC(=O)[O-].[Na+]. The summed E-state index contributed by atoms with van der Waals surface area (Å²) in [4.78, 5) is 20.0. The van der Waals surface area contributed by atoms with Crippen LogP contribution in [0.25, 0.3) is 0 Å². The summed E-state index contributed by atoms with van der Waals surface area (Å²) in [5.74, 6) is -2.08. The van der Waals surface area contributed by atoms with Gasteiger partial charge in [-0.25, -0.2) is 4.79 Å². The maximum atomic E-state index is 10.3. The van der Waals surface area contributed by atoms with Crippen LogP contribution in [0.15, 0.2) is 12.2 Å². The van der Waals surface area contributed by atoms with Gasteiger partial charge < -0.3 is 14.6 Å². The standard InChI is InChI=1S/C6H8O4.Na/c1-2-10-6(9)4-3-5(7)8;/h3-4H,2H2,1H3,(H,7,8);/q;+1/p-1. The minimum atomic E-state index is -1.41. The van der Waals surface area contributed by atoms with Crippen molar-refractivity contribution in [3.05, 3.63) is 12.2 Å². The van der Waals surface area contributed by atoms with Crippen molar-refractivity contribution in [1.82, 2.24) is 0 Å². The Bertz CT molecular complexity index is 164. The first kappa shape index (κ1) is 13.3. The minimum Gasteiger partial charge on any atom is -0.545 e. The minimum absolute atomic E-state index is 0. The van der Waals surface area contributed by atoms with Gasteiger partial charge in [-0.05, 0) is 13.0 Å². The Kier molecular flexibility index (Phi) is 9.40. The van der Waals surface area contributed by atoms with Gasteiger partial charge in [-0.3, -0.25) is 0 Å². The first-order valence-electron chi connectivity index (χ1n) is 2.72. The van der Waals surface area contributed by atoms with E-state index in [9.17, 15) is 14.7 Å². The van der Waals surface area contributed by atoms with Crippen LogP contribution >= 0.6 is 0 Å². The fourth-order valence-corrected chi connectivity index (χ4v) is 0.326. The molecule has 0 fully saturated rings. The Morgan fingerprint density at radius 3 is 2.36 bits per heavy atom. The third kappa shape index (κ3) is 9.68. The second-order valence-corrected chi connectivity index (χ2v) is 1.40. The quantitative estimate of drug-likeness (QED) is 0.242. The van der Waals surface area contributed by atoms with Crippen LogP contribution in [0.5, 0.6) is 0 Å². The van der Waals surface area contributed by atoms with Crippen LogP contribution in [0.4, 0.5) is 0 Å². The molecule has 0 saturated carbocycles. The molecule has 0 atom stereocenters. The molecule has 0 aromatic rings. The molecule has 0 N–H and O–H groups in total. The molecular weight excluding hydrogens is 159 g/mol. The Labute approximate surface area is 86.5 Å². The summed E-state index contributed by atoms with van der Waals surface area (Å²) in [7, 11) is 0. The number of ether oxygens (including phenoxy) is 1. The van der Waals surface area contributed by atoms with Crippen molar-refractivity contribution in [2.45, 2.75) is 6.92 Å². The molecule has 0 heterocycles. The first-order chi connectivity index (χ1) is 4.66. The van der Waals surface area contributed by atoms with E-state index < -0.39 is 11.9 Å². The molecule has 0 amide bonds. The number of carboxylic acids is 1. The van der Waals surface area contributed by atoms with Gasteiger partial charge in [-0.2, -0.15) is 0 Å². The summed E-state index contributed by atoms with van der Waals surface area (Å²) in [5.41, 5.74) is 0. The average molecular weight is 166 g/mol. The number of hydrogen-bond donors (Lipinski definition) is 0. The van der Waals surface area contributed by atoms with Gasteiger partial charge in [0.1, 0.15) is 0 Å². The summed E-state index contributed by atoms with van der Waals surface area (Å²) in [6.45, 7) is 1.86. The molecule has 0 aliphatic carbocycles. The van der Waals surface area contributed by atoms with Crippen molar-refractivity contribution in [2.24, 2.45) is 0 Å². The normalized spacial score (nSPS) is 8.82. The number of aliphatic carboxylic acids is 1. The zero-order chi connectivity index (χ0) is 7.98. The predicted molar refractivity (Wildman–Crippen MR) is 30.8 cm³/mol. The van der Waals surface area contributed by atoms with Crippen LogP contribution in [0.2, 0.25) is 0 Å². The zero-order valence-electron chi connectivity index (χ0n) is 6.49. The van der Waals surface area contributed by atoms with Crippen molar-refractivity contribution in [3.63, 3.8) is 0 Å². The molecule has 56 valence electrons. The van der Waals surface area contributed by atoms with Gasteiger partial charge in [0.15, 0.2) is 0 Å². The van der Waals surface area contributed by atoms with E-state index in [1.165, 1.54) is 0 Å². The van der Waals surface area contributed by atoms with E-state index in [1.54, 1.807) is 6.92 Å². The molecule has 11 heavy (non-hydrogen) atoms. The molecule has 5 heteroatoms. The largest absolute Gasteiger partial charge is 1.00 e. The van der Waals surface area contributed by atoms with Crippen molar-refractivity contribution in [3.8, 4) is 0 Å². The summed E-state index contributed by atoms with van der Waals surface area (Å²) < 4.78 is 4.38. The summed E-state index contributed by atoms with van der Waals surface area (Å²) in [5, 5.41) is 9.70. The molecule has 0 radical (unpaired) electrons. The Hall–Kier alpha value is -0.320. The number of rotatable bonds is 3. The second-order valence-electron chi connectivity index (χ2n) is 1.40. The molecular formula is C6H7NaO4. The van der Waals surface area contributed by atoms with Gasteiger partial charge in [0.2, 0.25) is 0 Å². The van der Waals surface area contributed by atoms with Crippen LogP contribution in [0, 0.1) is 0 Å². The number of hydrogen-bond acceptors (Lipinski definition) is 4. The zero-order valence-corrected chi connectivity index (χ0v) is 8.49. The van der Waals surface area contributed by atoms with Gasteiger partial charge in [-0.1, -0.05) is 0 Å². The molecule has 0 aromatic carbocycles. The van der Waals surface area contributed by atoms with E-state index >= 15 is 0 Å². The molecule has 0 rings (SSSR count). The van der Waals surface area contributed by atoms with Crippen LogP contribution in [0.1, 0.15) is 6.92 Å². The third-order valence-electron chi connectivity index (χ3n) is 0.642. The fourth-order valence-electron chi connectivity index (χ4n) is 0.326. The van der Waals surface area contributed by atoms with Crippen molar-refractivity contribution in [1.29, 1.82) is 0 Å².